The van der Waals surface area contributed by atoms with Gasteiger partial charge in [-0.15, -0.1) is 10.2 Å². The fraction of sp³-hybridized carbons (Fsp3) is 0.667. The van der Waals surface area contributed by atoms with Crippen LogP contribution >= 0.6 is 11.8 Å². The van der Waals surface area contributed by atoms with Crippen LogP contribution in [0.2, 0.25) is 0 Å². The minimum absolute atomic E-state index is 0.0343. The Hall–Kier alpha value is -1.49. The van der Waals surface area contributed by atoms with E-state index in [2.05, 4.69) is 9.84 Å². The van der Waals surface area contributed by atoms with Crippen molar-refractivity contribution < 1.29 is 32.2 Å². The summed E-state index contributed by atoms with van der Waals surface area (Å²) in [4.78, 5) is 21.6. The first kappa shape index (κ1) is 16.6. The fourth-order valence-corrected chi connectivity index (χ4v) is 1.47. The number of alkyl halides is 3. The van der Waals surface area contributed by atoms with Gasteiger partial charge in [-0.05, 0) is 6.42 Å². The lowest BCUT2D eigenvalue weighted by atomic mass is 10.4. The molecule has 2 aliphatic rings. The Kier molecular flexibility index (Phi) is 6.07. The third-order valence-corrected chi connectivity index (χ3v) is 2.79. The summed E-state index contributed by atoms with van der Waals surface area (Å²) >= 11 is 0.661. The van der Waals surface area contributed by atoms with E-state index in [9.17, 15) is 22.8 Å². The molecule has 7 nitrogen and oxygen atoms in total. The number of carbonyl (C=O) groups is 2. The van der Waals surface area contributed by atoms with Crippen LogP contribution in [0.25, 0.3) is 0 Å². The van der Waals surface area contributed by atoms with Gasteiger partial charge in [-0.3, -0.25) is 9.59 Å². The lowest BCUT2D eigenvalue weighted by Gasteiger charge is -2.22. The van der Waals surface area contributed by atoms with Crippen LogP contribution in [0.4, 0.5) is 18.0 Å². The number of carbonyl (C=O) groups excluding carboxylic acids is 2. The second kappa shape index (κ2) is 7.33. The quantitative estimate of drug-likeness (QED) is 0.784. The average molecular weight is 315 g/mol. The number of hydrogen-bond acceptors (Lipinski definition) is 6. The van der Waals surface area contributed by atoms with Crippen molar-refractivity contribution in [2.24, 2.45) is 5.10 Å². The number of halogens is 3. The van der Waals surface area contributed by atoms with Crippen molar-refractivity contribution in [1.29, 1.82) is 0 Å². The number of rotatable bonds is 1. The van der Waals surface area contributed by atoms with Gasteiger partial charge >= 0.3 is 17.3 Å². The van der Waals surface area contributed by atoms with Gasteiger partial charge < -0.3 is 9.47 Å². The fourth-order valence-electron chi connectivity index (χ4n) is 0.840. The number of hydrogen-bond donors (Lipinski definition) is 1. The molecule has 20 heavy (non-hydrogen) atoms. The molecule has 2 aliphatic heterocycles. The van der Waals surface area contributed by atoms with E-state index in [1.54, 1.807) is 0 Å². The van der Waals surface area contributed by atoms with Gasteiger partial charge in [0, 0.05) is 13.2 Å². The van der Waals surface area contributed by atoms with E-state index >= 15 is 0 Å². The van der Waals surface area contributed by atoms with Crippen LogP contribution in [0.1, 0.15) is 6.42 Å². The zero-order chi connectivity index (χ0) is 15.2. The van der Waals surface area contributed by atoms with Crippen molar-refractivity contribution in [3.05, 3.63) is 0 Å². The van der Waals surface area contributed by atoms with Crippen molar-refractivity contribution in [2.45, 2.75) is 12.6 Å². The number of amides is 2. The summed E-state index contributed by atoms with van der Waals surface area (Å²) in [6.45, 7) is 2.00. The van der Waals surface area contributed by atoms with Crippen LogP contribution in [0, 0.1) is 0 Å². The number of hydrazone groups is 1. The zero-order valence-corrected chi connectivity index (χ0v) is 11.2. The Labute approximate surface area is 116 Å². The van der Waals surface area contributed by atoms with Crippen molar-refractivity contribution in [2.75, 3.05) is 26.1 Å². The number of nitrogens with zero attached hydrogens (tertiary/aromatic N) is 2. The van der Waals surface area contributed by atoms with E-state index in [4.69, 9.17) is 4.74 Å². The van der Waals surface area contributed by atoms with E-state index < -0.39 is 17.3 Å². The van der Waals surface area contributed by atoms with E-state index in [-0.39, 0.29) is 16.8 Å². The van der Waals surface area contributed by atoms with Crippen LogP contribution in [-0.4, -0.2) is 54.4 Å². The minimum Gasteiger partial charge on any atom is -0.482 e. The topological polar surface area (TPSA) is 80.2 Å². The highest BCUT2D eigenvalue weighted by atomic mass is 32.2. The average Bonchev–Trinajstić information content (AvgIpc) is 2.28. The summed E-state index contributed by atoms with van der Waals surface area (Å²) in [5.41, 5.74) is 1.30. The molecule has 2 amide bonds. The van der Waals surface area contributed by atoms with Gasteiger partial charge in [-0.1, -0.05) is 11.8 Å². The molecule has 0 saturated carbocycles. The highest BCUT2D eigenvalue weighted by molar-refractivity contribution is 8.14. The van der Waals surface area contributed by atoms with Crippen molar-refractivity contribution >= 4 is 28.8 Å². The van der Waals surface area contributed by atoms with Gasteiger partial charge in [0.2, 0.25) is 5.90 Å². The molecule has 0 aliphatic carbocycles. The number of methoxy groups -OCH3 is 1. The lowest BCUT2D eigenvalue weighted by Crippen LogP contribution is -2.49. The minimum atomic E-state index is -5.08. The van der Waals surface area contributed by atoms with Crippen molar-refractivity contribution in [1.82, 2.24) is 10.5 Å². The van der Waals surface area contributed by atoms with Gasteiger partial charge in [0.25, 0.3) is 0 Å². The largest absolute Gasteiger partial charge is 0.482 e. The monoisotopic (exact) mass is 315 g/mol. The molecule has 0 atom stereocenters. The van der Waals surface area contributed by atoms with E-state index in [0.29, 0.717) is 11.8 Å². The maximum absolute atomic E-state index is 11.9. The van der Waals surface area contributed by atoms with Gasteiger partial charge in [0.05, 0.1) is 12.9 Å². The predicted octanol–water partition coefficient (Wildman–Crippen LogP) is 1.12. The lowest BCUT2D eigenvalue weighted by molar-refractivity contribution is -0.177. The first-order valence-corrected chi connectivity index (χ1v) is 6.37. The highest BCUT2D eigenvalue weighted by Crippen LogP contribution is 2.18. The summed E-state index contributed by atoms with van der Waals surface area (Å²) < 4.78 is 45.0. The van der Waals surface area contributed by atoms with Crippen LogP contribution in [-0.2, 0) is 14.3 Å². The Morgan fingerprint density at radius 3 is 2.45 bits per heavy atom. The molecule has 0 bridgehead atoms. The Balaban J connectivity index is 0.000000425. The maximum Gasteiger partial charge on any atom is 0.473 e. The molecular formula is C9H12F3N3O4S. The van der Waals surface area contributed by atoms with Crippen LogP contribution in [0.3, 0.4) is 0 Å². The Morgan fingerprint density at radius 2 is 2.05 bits per heavy atom. The van der Waals surface area contributed by atoms with Gasteiger partial charge in [0.1, 0.15) is 0 Å². The van der Waals surface area contributed by atoms with Crippen LogP contribution < -0.4 is 5.43 Å². The summed E-state index contributed by atoms with van der Waals surface area (Å²) in [5.74, 6) is -2.14. The molecule has 11 heteroatoms. The van der Waals surface area contributed by atoms with Gasteiger partial charge in [-0.2, -0.15) is 13.2 Å². The van der Waals surface area contributed by atoms with Crippen molar-refractivity contribution in [3.63, 3.8) is 0 Å². The van der Waals surface area contributed by atoms with Crippen LogP contribution in [0.15, 0.2) is 5.10 Å². The number of ether oxygens (including phenoxy) is 2. The third-order valence-electron chi connectivity index (χ3n) is 1.98. The Morgan fingerprint density at radius 1 is 1.50 bits per heavy atom. The first-order valence-electron chi connectivity index (χ1n) is 5.38. The zero-order valence-electron chi connectivity index (χ0n) is 10.4. The molecule has 0 radical (unpaired) electrons. The maximum atomic E-state index is 11.9. The molecule has 0 aromatic carbocycles. The normalized spacial score (nSPS) is 18.3. The first-order chi connectivity index (χ1) is 9.34. The molecular weight excluding hydrogens is 303 g/mol. The molecule has 0 unspecified atom stereocenters. The molecule has 1 saturated heterocycles. The number of thioether (sulfide) groups is 1. The third kappa shape index (κ3) is 5.25. The van der Waals surface area contributed by atoms with E-state index in [1.807, 2.05) is 0 Å². The summed E-state index contributed by atoms with van der Waals surface area (Å²) in [6, 6.07) is 0. The molecule has 2 heterocycles. The molecule has 0 aromatic heterocycles. The van der Waals surface area contributed by atoms with E-state index in [1.165, 1.54) is 19.0 Å². The van der Waals surface area contributed by atoms with Crippen LogP contribution in [0.5, 0.6) is 0 Å². The van der Waals surface area contributed by atoms with Gasteiger partial charge in [0.15, 0.2) is 0 Å². The number of nitrogens with one attached hydrogen (secondary N) is 1. The predicted molar refractivity (Wildman–Crippen MR) is 63.8 cm³/mol. The smallest absolute Gasteiger partial charge is 0.473 e. The molecule has 0 spiro atoms. The molecule has 2 rings (SSSR count). The van der Waals surface area contributed by atoms with E-state index in [0.717, 1.165) is 13.2 Å². The summed E-state index contributed by atoms with van der Waals surface area (Å²) in [5, 5.41) is 2.74. The van der Waals surface area contributed by atoms with Crippen molar-refractivity contribution in [3.8, 4) is 0 Å². The highest BCUT2D eigenvalue weighted by Gasteiger charge is 2.41. The standard InChI is InChI=1S/C6H6F3N3O3S.C3H6O/c1-15-3-2-16-5(14)12(10-3)11-4(13)6(7,8)9;1-2-4-3-1/h2H2,1H3,(H,11,13);1-3H2. The molecule has 1 fully saturated rings. The molecule has 114 valence electrons. The number of hydrazine groups is 1. The summed E-state index contributed by atoms with van der Waals surface area (Å²) in [6.07, 6.45) is -3.80. The second-order valence-corrected chi connectivity index (χ2v) is 4.40. The second-order valence-electron chi connectivity index (χ2n) is 3.47. The Bertz CT molecular complexity index is 394. The van der Waals surface area contributed by atoms with Gasteiger partial charge in [-0.25, -0.2) is 5.43 Å². The molecule has 0 aromatic rings. The SMILES string of the molecule is C1COC1.COC1=NN(NC(=O)C(F)(F)F)C(=O)SC1. The molecule has 1 N–H and O–H groups in total. The summed E-state index contributed by atoms with van der Waals surface area (Å²) in [7, 11) is 1.25.